The summed E-state index contributed by atoms with van der Waals surface area (Å²) in [7, 11) is 0. The Morgan fingerprint density at radius 1 is 1.39 bits per heavy atom. The van der Waals surface area contributed by atoms with Crippen LogP contribution in [0.2, 0.25) is 0 Å². The van der Waals surface area contributed by atoms with Crippen LogP contribution in [-0.4, -0.2) is 17.7 Å². The van der Waals surface area contributed by atoms with Crippen LogP contribution in [0.3, 0.4) is 0 Å². The van der Waals surface area contributed by atoms with Crippen LogP contribution in [0.4, 0.5) is 4.39 Å². The molecule has 0 bridgehead atoms. The Hall–Kier alpha value is -1.42. The summed E-state index contributed by atoms with van der Waals surface area (Å²) in [6, 6.07) is 3.67. The van der Waals surface area contributed by atoms with E-state index in [1.807, 2.05) is 0 Å². The van der Waals surface area contributed by atoms with Crippen LogP contribution in [0.15, 0.2) is 18.2 Å². The van der Waals surface area contributed by atoms with Gasteiger partial charge in [-0.25, -0.2) is 9.18 Å². The van der Waals surface area contributed by atoms with Gasteiger partial charge < -0.3 is 9.84 Å². The number of carboxylic acid groups (broad SMARTS) is 1. The molecule has 1 N–H and O–H groups in total. The third-order valence-electron chi connectivity index (χ3n) is 3.38. The predicted octanol–water partition coefficient (Wildman–Crippen LogP) is 3.23. The fourth-order valence-electron chi connectivity index (χ4n) is 2.40. The van der Waals surface area contributed by atoms with Gasteiger partial charge in [0.1, 0.15) is 5.82 Å². The van der Waals surface area contributed by atoms with Gasteiger partial charge in [0.25, 0.3) is 0 Å². The highest BCUT2D eigenvalue weighted by atomic mass is 19.1. The number of benzene rings is 1. The molecule has 0 aromatic heterocycles. The van der Waals surface area contributed by atoms with Crippen molar-refractivity contribution in [1.82, 2.24) is 0 Å². The minimum Gasteiger partial charge on any atom is -0.478 e. The Bertz CT molecular complexity index is 425. The van der Waals surface area contributed by atoms with Crippen LogP contribution < -0.4 is 0 Å². The highest BCUT2D eigenvalue weighted by Crippen LogP contribution is 2.25. The van der Waals surface area contributed by atoms with E-state index in [-0.39, 0.29) is 12.2 Å². The molecule has 98 valence electrons. The molecule has 0 aliphatic heterocycles. The number of hydrogen-bond donors (Lipinski definition) is 1. The summed E-state index contributed by atoms with van der Waals surface area (Å²) < 4.78 is 18.6. The van der Waals surface area contributed by atoms with Gasteiger partial charge in [0, 0.05) is 6.61 Å². The molecular formula is C14H17FO3. The van der Waals surface area contributed by atoms with Crippen LogP contribution in [0, 0.1) is 11.7 Å². The lowest BCUT2D eigenvalue weighted by molar-refractivity contribution is 0.0676. The van der Waals surface area contributed by atoms with E-state index >= 15 is 0 Å². The molecule has 18 heavy (non-hydrogen) atoms. The fraction of sp³-hybridized carbons (Fsp3) is 0.500. The number of carboxylic acids is 1. The SMILES string of the molecule is O=C(O)c1ccc(F)cc1COCC1CCCC1. The summed E-state index contributed by atoms with van der Waals surface area (Å²) in [5, 5.41) is 8.99. The summed E-state index contributed by atoms with van der Waals surface area (Å²) in [6.07, 6.45) is 4.84. The molecule has 0 atom stereocenters. The van der Waals surface area contributed by atoms with Crippen molar-refractivity contribution in [3.63, 3.8) is 0 Å². The van der Waals surface area contributed by atoms with Gasteiger partial charge in [-0.3, -0.25) is 0 Å². The first-order valence-corrected chi connectivity index (χ1v) is 6.26. The van der Waals surface area contributed by atoms with E-state index in [0.29, 0.717) is 18.1 Å². The third kappa shape index (κ3) is 3.29. The fourth-order valence-corrected chi connectivity index (χ4v) is 2.40. The van der Waals surface area contributed by atoms with Gasteiger partial charge in [-0.2, -0.15) is 0 Å². The number of ether oxygens (including phenoxy) is 1. The Labute approximate surface area is 106 Å². The van der Waals surface area contributed by atoms with Crippen molar-refractivity contribution >= 4 is 5.97 Å². The van der Waals surface area contributed by atoms with Crippen molar-refractivity contribution in [2.75, 3.05) is 6.61 Å². The van der Waals surface area contributed by atoms with Crippen LogP contribution >= 0.6 is 0 Å². The molecule has 3 nitrogen and oxygen atoms in total. The third-order valence-corrected chi connectivity index (χ3v) is 3.38. The van der Waals surface area contributed by atoms with E-state index in [1.54, 1.807) is 0 Å². The topological polar surface area (TPSA) is 46.5 Å². The Balaban J connectivity index is 1.94. The molecule has 0 amide bonds. The van der Waals surface area contributed by atoms with Crippen molar-refractivity contribution in [2.45, 2.75) is 32.3 Å². The van der Waals surface area contributed by atoms with E-state index in [4.69, 9.17) is 9.84 Å². The van der Waals surface area contributed by atoms with E-state index in [9.17, 15) is 9.18 Å². The smallest absolute Gasteiger partial charge is 0.336 e. The highest BCUT2D eigenvalue weighted by Gasteiger charge is 2.16. The molecule has 0 saturated heterocycles. The molecule has 1 aromatic rings. The first-order chi connectivity index (χ1) is 8.66. The zero-order valence-corrected chi connectivity index (χ0v) is 10.2. The van der Waals surface area contributed by atoms with Crippen molar-refractivity contribution in [2.24, 2.45) is 5.92 Å². The van der Waals surface area contributed by atoms with Crippen LogP contribution in [0.1, 0.15) is 41.6 Å². The lowest BCUT2D eigenvalue weighted by atomic mass is 10.1. The second-order valence-electron chi connectivity index (χ2n) is 4.77. The molecule has 1 fully saturated rings. The number of rotatable bonds is 5. The van der Waals surface area contributed by atoms with Gasteiger partial charge in [-0.1, -0.05) is 12.8 Å². The average Bonchev–Trinajstić information content (AvgIpc) is 2.82. The van der Waals surface area contributed by atoms with Gasteiger partial charge in [0.2, 0.25) is 0 Å². The van der Waals surface area contributed by atoms with E-state index in [2.05, 4.69) is 0 Å². The van der Waals surface area contributed by atoms with Crippen molar-refractivity contribution in [1.29, 1.82) is 0 Å². The number of carbonyl (C=O) groups is 1. The molecule has 1 saturated carbocycles. The maximum atomic E-state index is 13.1. The zero-order chi connectivity index (χ0) is 13.0. The molecule has 1 aromatic carbocycles. The first kappa shape index (κ1) is 13.0. The summed E-state index contributed by atoms with van der Waals surface area (Å²) in [5.41, 5.74) is 0.517. The molecular weight excluding hydrogens is 235 g/mol. The summed E-state index contributed by atoms with van der Waals surface area (Å²) in [6.45, 7) is 0.797. The maximum absolute atomic E-state index is 13.1. The highest BCUT2D eigenvalue weighted by molar-refractivity contribution is 5.89. The molecule has 2 rings (SSSR count). The Morgan fingerprint density at radius 3 is 2.78 bits per heavy atom. The van der Waals surface area contributed by atoms with E-state index in [1.165, 1.54) is 37.8 Å². The summed E-state index contributed by atoms with van der Waals surface area (Å²) in [4.78, 5) is 11.0. The van der Waals surface area contributed by atoms with E-state index in [0.717, 1.165) is 6.07 Å². The number of halogens is 1. The summed E-state index contributed by atoms with van der Waals surface area (Å²) in [5.74, 6) is -0.902. The predicted molar refractivity (Wildman–Crippen MR) is 65.0 cm³/mol. The van der Waals surface area contributed by atoms with Crippen molar-refractivity contribution in [3.05, 3.63) is 35.1 Å². The normalized spacial score (nSPS) is 16.1. The molecule has 0 unspecified atom stereocenters. The Kier molecular flexibility index (Phi) is 4.31. The van der Waals surface area contributed by atoms with Crippen LogP contribution in [0.5, 0.6) is 0 Å². The number of aromatic carboxylic acids is 1. The first-order valence-electron chi connectivity index (χ1n) is 6.26. The van der Waals surface area contributed by atoms with Gasteiger partial charge in [0.15, 0.2) is 0 Å². The molecule has 1 aliphatic rings. The minimum absolute atomic E-state index is 0.114. The van der Waals surface area contributed by atoms with Gasteiger partial charge >= 0.3 is 5.97 Å². The second kappa shape index (κ2) is 5.96. The maximum Gasteiger partial charge on any atom is 0.336 e. The van der Waals surface area contributed by atoms with Crippen molar-refractivity contribution in [3.8, 4) is 0 Å². The lowest BCUT2D eigenvalue weighted by Crippen LogP contribution is -2.09. The standard InChI is InChI=1S/C14H17FO3/c15-12-5-6-13(14(16)17)11(7-12)9-18-8-10-3-1-2-4-10/h5-7,10H,1-4,8-9H2,(H,16,17). The monoisotopic (exact) mass is 252 g/mol. The van der Waals surface area contributed by atoms with Crippen molar-refractivity contribution < 1.29 is 19.0 Å². The largest absolute Gasteiger partial charge is 0.478 e. The average molecular weight is 252 g/mol. The van der Waals surface area contributed by atoms with Gasteiger partial charge in [-0.15, -0.1) is 0 Å². The second-order valence-corrected chi connectivity index (χ2v) is 4.77. The molecule has 0 heterocycles. The number of hydrogen-bond acceptors (Lipinski definition) is 2. The van der Waals surface area contributed by atoms with Crippen LogP contribution in [0.25, 0.3) is 0 Å². The molecule has 0 spiro atoms. The zero-order valence-electron chi connectivity index (χ0n) is 10.2. The van der Waals surface area contributed by atoms with E-state index < -0.39 is 11.8 Å². The molecule has 0 radical (unpaired) electrons. The quantitative estimate of drug-likeness (QED) is 0.875. The Morgan fingerprint density at radius 2 is 2.11 bits per heavy atom. The van der Waals surface area contributed by atoms with Crippen LogP contribution in [-0.2, 0) is 11.3 Å². The minimum atomic E-state index is -1.05. The van der Waals surface area contributed by atoms with Gasteiger partial charge in [0.05, 0.1) is 12.2 Å². The molecule has 1 aliphatic carbocycles. The lowest BCUT2D eigenvalue weighted by Gasteiger charge is -2.11. The molecule has 4 heteroatoms. The van der Waals surface area contributed by atoms with Gasteiger partial charge in [-0.05, 0) is 42.5 Å². The summed E-state index contributed by atoms with van der Waals surface area (Å²) >= 11 is 0.